The molecule has 4 unspecified atom stereocenters. The molecular weight excluding hydrogens is 300 g/mol. The van der Waals surface area contributed by atoms with Gasteiger partial charge in [0.25, 0.3) is 0 Å². The minimum Gasteiger partial charge on any atom is -0.496 e. The SMILES string of the molecule is OCCOC/C=C/COCCOC1=CC2CC1C(CO)C2CO. The van der Waals surface area contributed by atoms with Crippen molar-refractivity contribution >= 4 is 0 Å². The first kappa shape index (κ1) is 18.4. The van der Waals surface area contributed by atoms with Gasteiger partial charge in [-0.15, -0.1) is 0 Å². The van der Waals surface area contributed by atoms with E-state index in [4.69, 9.17) is 19.3 Å². The minimum absolute atomic E-state index is 0.0373. The van der Waals surface area contributed by atoms with Gasteiger partial charge in [-0.05, 0) is 30.3 Å². The van der Waals surface area contributed by atoms with Crippen LogP contribution in [0.5, 0.6) is 0 Å². The van der Waals surface area contributed by atoms with E-state index in [0.717, 1.165) is 12.2 Å². The average Bonchev–Trinajstić information content (AvgIpc) is 3.13. The maximum Gasteiger partial charge on any atom is 0.111 e. The second-order valence-electron chi connectivity index (χ2n) is 5.96. The number of allylic oxidation sites excluding steroid dienone is 2. The van der Waals surface area contributed by atoms with Gasteiger partial charge in [0.15, 0.2) is 0 Å². The third-order valence-corrected chi connectivity index (χ3v) is 4.64. The molecule has 0 aromatic rings. The van der Waals surface area contributed by atoms with Crippen molar-refractivity contribution in [3.8, 4) is 0 Å². The molecule has 0 saturated heterocycles. The second kappa shape index (κ2) is 10.1. The first-order valence-electron chi connectivity index (χ1n) is 8.29. The van der Waals surface area contributed by atoms with Crippen LogP contribution in [0.25, 0.3) is 0 Å². The second-order valence-corrected chi connectivity index (χ2v) is 5.96. The van der Waals surface area contributed by atoms with Crippen LogP contribution in [0.3, 0.4) is 0 Å². The highest BCUT2D eigenvalue weighted by atomic mass is 16.5. The summed E-state index contributed by atoms with van der Waals surface area (Å²) in [6, 6.07) is 0. The summed E-state index contributed by atoms with van der Waals surface area (Å²) < 4.78 is 16.3. The Morgan fingerprint density at radius 2 is 1.65 bits per heavy atom. The number of aliphatic hydroxyl groups is 3. The summed E-state index contributed by atoms with van der Waals surface area (Å²) in [6.45, 7) is 2.60. The topological polar surface area (TPSA) is 88.4 Å². The van der Waals surface area contributed by atoms with E-state index in [9.17, 15) is 10.2 Å². The number of ether oxygens (including phenoxy) is 3. The van der Waals surface area contributed by atoms with Gasteiger partial charge in [-0.1, -0.05) is 12.2 Å². The Bertz CT molecular complexity index is 395. The van der Waals surface area contributed by atoms with Crippen LogP contribution in [0, 0.1) is 23.7 Å². The Labute approximate surface area is 137 Å². The molecule has 3 N–H and O–H groups in total. The van der Waals surface area contributed by atoms with E-state index in [1.807, 2.05) is 12.2 Å². The van der Waals surface area contributed by atoms with Crippen molar-refractivity contribution in [2.75, 3.05) is 52.9 Å². The van der Waals surface area contributed by atoms with Gasteiger partial charge in [0.1, 0.15) is 6.61 Å². The van der Waals surface area contributed by atoms with Crippen LogP contribution < -0.4 is 0 Å². The third-order valence-electron chi connectivity index (χ3n) is 4.64. The van der Waals surface area contributed by atoms with E-state index >= 15 is 0 Å². The molecule has 0 aliphatic heterocycles. The van der Waals surface area contributed by atoms with Crippen LogP contribution in [-0.2, 0) is 14.2 Å². The molecule has 2 aliphatic carbocycles. The summed E-state index contributed by atoms with van der Waals surface area (Å²) >= 11 is 0. The molecule has 23 heavy (non-hydrogen) atoms. The Balaban J connectivity index is 1.57. The number of aliphatic hydroxyl groups excluding tert-OH is 3. The lowest BCUT2D eigenvalue weighted by Gasteiger charge is -2.28. The lowest BCUT2D eigenvalue weighted by atomic mass is 9.83. The molecule has 0 aromatic carbocycles. The molecule has 1 saturated carbocycles. The molecule has 1 fully saturated rings. The van der Waals surface area contributed by atoms with Crippen molar-refractivity contribution in [2.24, 2.45) is 23.7 Å². The number of hydrogen-bond donors (Lipinski definition) is 3. The molecule has 2 aliphatic rings. The minimum atomic E-state index is 0.0373. The predicted molar refractivity (Wildman–Crippen MR) is 84.6 cm³/mol. The fraction of sp³-hybridized carbons (Fsp3) is 0.765. The Kier molecular flexibility index (Phi) is 8.05. The Morgan fingerprint density at radius 1 is 0.957 bits per heavy atom. The molecule has 0 amide bonds. The van der Waals surface area contributed by atoms with Crippen LogP contribution in [0.1, 0.15) is 6.42 Å². The first-order chi connectivity index (χ1) is 11.3. The largest absolute Gasteiger partial charge is 0.496 e. The highest BCUT2D eigenvalue weighted by Gasteiger charge is 2.48. The van der Waals surface area contributed by atoms with Gasteiger partial charge < -0.3 is 29.5 Å². The van der Waals surface area contributed by atoms with Crippen LogP contribution >= 0.6 is 0 Å². The summed E-state index contributed by atoms with van der Waals surface area (Å²) in [5.41, 5.74) is 0. The van der Waals surface area contributed by atoms with Gasteiger partial charge in [-0.25, -0.2) is 0 Å². The zero-order valence-corrected chi connectivity index (χ0v) is 13.5. The van der Waals surface area contributed by atoms with E-state index in [1.165, 1.54) is 0 Å². The van der Waals surface area contributed by atoms with E-state index in [1.54, 1.807) is 0 Å². The molecule has 132 valence electrons. The number of fused-ring (bicyclic) bond motifs is 2. The fourth-order valence-electron chi connectivity index (χ4n) is 3.52. The summed E-state index contributed by atoms with van der Waals surface area (Å²) in [5, 5.41) is 27.5. The highest BCUT2D eigenvalue weighted by molar-refractivity contribution is 5.19. The fourth-order valence-corrected chi connectivity index (χ4v) is 3.52. The molecule has 0 heterocycles. The van der Waals surface area contributed by atoms with Crippen molar-refractivity contribution in [1.82, 2.24) is 0 Å². The summed E-state index contributed by atoms with van der Waals surface area (Å²) in [7, 11) is 0. The molecule has 0 spiro atoms. The summed E-state index contributed by atoms with van der Waals surface area (Å²) in [6.07, 6.45) is 6.82. The number of rotatable bonds is 12. The lowest BCUT2D eigenvalue weighted by molar-refractivity contribution is 0.0552. The monoisotopic (exact) mass is 328 g/mol. The van der Waals surface area contributed by atoms with Gasteiger partial charge in [-0.2, -0.15) is 0 Å². The molecule has 0 radical (unpaired) electrons. The third kappa shape index (κ3) is 5.02. The Hall–Kier alpha value is -0.920. The quantitative estimate of drug-likeness (QED) is 0.354. The first-order valence-corrected chi connectivity index (χ1v) is 8.29. The molecule has 2 rings (SSSR count). The summed E-state index contributed by atoms with van der Waals surface area (Å²) in [5.74, 6) is 1.82. The Morgan fingerprint density at radius 3 is 2.30 bits per heavy atom. The van der Waals surface area contributed by atoms with Crippen LogP contribution in [0.4, 0.5) is 0 Å². The predicted octanol–water partition coefficient (Wildman–Crippen LogP) is 0.335. The molecule has 2 bridgehead atoms. The molecule has 0 aromatic heterocycles. The summed E-state index contributed by atoms with van der Waals surface area (Å²) in [4.78, 5) is 0. The zero-order chi connectivity index (χ0) is 16.5. The molecule has 4 atom stereocenters. The molecule has 6 nitrogen and oxygen atoms in total. The van der Waals surface area contributed by atoms with E-state index in [2.05, 4.69) is 6.08 Å². The normalized spacial score (nSPS) is 29.4. The average molecular weight is 328 g/mol. The highest BCUT2D eigenvalue weighted by Crippen LogP contribution is 2.51. The van der Waals surface area contributed by atoms with Gasteiger partial charge in [0, 0.05) is 19.1 Å². The van der Waals surface area contributed by atoms with E-state index < -0.39 is 0 Å². The van der Waals surface area contributed by atoms with Crippen molar-refractivity contribution < 1.29 is 29.5 Å². The van der Waals surface area contributed by atoms with Crippen LogP contribution in [-0.4, -0.2) is 68.2 Å². The van der Waals surface area contributed by atoms with Crippen molar-refractivity contribution in [3.63, 3.8) is 0 Å². The maximum atomic E-state index is 9.50. The van der Waals surface area contributed by atoms with Crippen LogP contribution in [0.2, 0.25) is 0 Å². The standard InChI is InChI=1S/C17H28O6/c18-3-6-21-4-1-2-5-22-7-8-23-17-10-13-9-14(17)16(12-20)15(13)11-19/h1-2,10,13-16,18-20H,3-9,11-12H2/b2-1+. The maximum absolute atomic E-state index is 9.50. The van der Waals surface area contributed by atoms with Gasteiger partial charge in [0.05, 0.1) is 38.8 Å². The molecule has 6 heteroatoms. The zero-order valence-electron chi connectivity index (χ0n) is 13.5. The van der Waals surface area contributed by atoms with Crippen molar-refractivity contribution in [3.05, 3.63) is 24.0 Å². The number of hydrogen-bond acceptors (Lipinski definition) is 6. The van der Waals surface area contributed by atoms with Gasteiger partial charge in [0.2, 0.25) is 0 Å². The van der Waals surface area contributed by atoms with Crippen molar-refractivity contribution in [2.45, 2.75) is 6.42 Å². The van der Waals surface area contributed by atoms with Gasteiger partial charge >= 0.3 is 0 Å². The van der Waals surface area contributed by atoms with Gasteiger partial charge in [-0.3, -0.25) is 0 Å². The van der Waals surface area contributed by atoms with Crippen molar-refractivity contribution in [1.29, 1.82) is 0 Å². The molecular formula is C17H28O6. The lowest BCUT2D eigenvalue weighted by Crippen LogP contribution is -2.28. The smallest absolute Gasteiger partial charge is 0.111 e. The van der Waals surface area contributed by atoms with Crippen LogP contribution in [0.15, 0.2) is 24.0 Å². The van der Waals surface area contributed by atoms with E-state index in [-0.39, 0.29) is 37.6 Å². The van der Waals surface area contributed by atoms with E-state index in [0.29, 0.717) is 39.0 Å².